The zero-order valence-corrected chi connectivity index (χ0v) is 9.78. The molecule has 0 radical (unpaired) electrons. The van der Waals surface area contributed by atoms with Crippen LogP contribution in [0.2, 0.25) is 0 Å². The molecular weight excluding hydrogens is 259 g/mol. The predicted molar refractivity (Wildman–Crippen MR) is 58.9 cm³/mol. The van der Waals surface area contributed by atoms with E-state index >= 15 is 0 Å². The fourth-order valence-corrected chi connectivity index (χ4v) is 2.02. The molecule has 19 heavy (non-hydrogen) atoms. The summed E-state index contributed by atoms with van der Waals surface area (Å²) < 4.78 is 40.2. The summed E-state index contributed by atoms with van der Waals surface area (Å²) in [4.78, 5) is 11.6. The summed E-state index contributed by atoms with van der Waals surface area (Å²) in [7, 11) is 0. The second kappa shape index (κ2) is 4.57. The average Bonchev–Trinajstić information content (AvgIpc) is 3.12. The Kier molecular flexibility index (Phi) is 3.23. The number of hydrogen-bond donors (Lipinski definition) is 0. The van der Waals surface area contributed by atoms with Gasteiger partial charge in [-0.3, -0.25) is 4.79 Å². The first-order valence-electron chi connectivity index (χ1n) is 5.59. The Balaban J connectivity index is 2.07. The zero-order valence-electron chi connectivity index (χ0n) is 9.78. The van der Waals surface area contributed by atoms with E-state index in [9.17, 15) is 18.0 Å². The van der Waals surface area contributed by atoms with Crippen LogP contribution in [0.3, 0.4) is 0 Å². The Morgan fingerprint density at radius 2 is 2.05 bits per heavy atom. The summed E-state index contributed by atoms with van der Waals surface area (Å²) in [5, 5.41) is 9.06. The maximum absolute atomic E-state index is 12.0. The molecule has 0 bridgehead atoms. The minimum absolute atomic E-state index is 0.199. The van der Waals surface area contributed by atoms with E-state index in [2.05, 4.69) is 4.74 Å². The first kappa shape index (κ1) is 13.4. The largest absolute Gasteiger partial charge is 0.455 e. The third-order valence-corrected chi connectivity index (χ3v) is 3.09. The number of ether oxygens (including phenoxy) is 1. The fourth-order valence-electron chi connectivity index (χ4n) is 2.02. The number of nitriles is 1. The Morgan fingerprint density at radius 1 is 1.42 bits per heavy atom. The van der Waals surface area contributed by atoms with Gasteiger partial charge in [-0.05, 0) is 12.0 Å². The Labute approximate surface area is 107 Å². The van der Waals surface area contributed by atoms with Crippen molar-refractivity contribution in [2.24, 2.45) is 5.41 Å². The highest BCUT2D eigenvalue weighted by Crippen LogP contribution is 2.59. The van der Waals surface area contributed by atoms with E-state index in [1.807, 2.05) is 0 Å². The summed E-state index contributed by atoms with van der Waals surface area (Å²) in [6.07, 6.45) is -4.38. The van der Waals surface area contributed by atoms with Crippen LogP contribution in [-0.4, -0.2) is 18.8 Å². The van der Waals surface area contributed by atoms with Gasteiger partial charge in [0.25, 0.3) is 0 Å². The number of alkyl halides is 3. The molecule has 2 atom stereocenters. The molecule has 0 aromatic heterocycles. The molecule has 0 spiro atoms. The lowest BCUT2D eigenvalue weighted by Gasteiger charge is -2.11. The normalized spacial score (nSPS) is 25.5. The molecule has 2 unspecified atom stereocenters. The maximum atomic E-state index is 12.0. The van der Waals surface area contributed by atoms with Gasteiger partial charge in [-0.25, -0.2) is 0 Å². The third kappa shape index (κ3) is 2.70. The minimum Gasteiger partial charge on any atom is -0.455 e. The van der Waals surface area contributed by atoms with Crippen molar-refractivity contribution < 1.29 is 22.7 Å². The molecule has 0 aliphatic heterocycles. The molecule has 0 N–H and O–H groups in total. The lowest BCUT2D eigenvalue weighted by Crippen LogP contribution is -2.26. The molecule has 3 nitrogen and oxygen atoms in total. The average molecular weight is 269 g/mol. The van der Waals surface area contributed by atoms with E-state index < -0.39 is 24.2 Å². The van der Waals surface area contributed by atoms with Crippen molar-refractivity contribution in [2.75, 3.05) is 6.61 Å². The van der Waals surface area contributed by atoms with Crippen LogP contribution in [0.1, 0.15) is 17.9 Å². The van der Waals surface area contributed by atoms with Gasteiger partial charge in [-0.2, -0.15) is 18.4 Å². The summed E-state index contributed by atoms with van der Waals surface area (Å²) in [6.45, 7) is -1.66. The summed E-state index contributed by atoms with van der Waals surface area (Å²) in [6, 6.07) is 10.5. The summed E-state index contributed by atoms with van der Waals surface area (Å²) in [5.74, 6) is -1.49. The van der Waals surface area contributed by atoms with E-state index in [1.165, 1.54) is 0 Å². The highest BCUT2D eigenvalue weighted by Gasteiger charge is 2.63. The van der Waals surface area contributed by atoms with Gasteiger partial charge in [0.1, 0.15) is 0 Å². The van der Waals surface area contributed by atoms with Gasteiger partial charge in [-0.1, -0.05) is 30.3 Å². The smallest absolute Gasteiger partial charge is 0.422 e. The minimum atomic E-state index is -4.58. The Bertz CT molecular complexity index is 521. The molecule has 100 valence electrons. The first-order valence-corrected chi connectivity index (χ1v) is 5.59. The molecule has 1 saturated carbocycles. The van der Waals surface area contributed by atoms with Crippen molar-refractivity contribution in [1.29, 1.82) is 5.26 Å². The monoisotopic (exact) mass is 269 g/mol. The highest BCUT2D eigenvalue weighted by molar-refractivity contribution is 5.85. The van der Waals surface area contributed by atoms with E-state index in [-0.39, 0.29) is 12.3 Å². The zero-order chi connectivity index (χ0) is 14.1. The molecule has 1 fully saturated rings. The molecule has 0 heterocycles. The molecule has 1 aliphatic rings. The van der Waals surface area contributed by atoms with Crippen molar-refractivity contribution in [3.8, 4) is 6.07 Å². The second-order valence-corrected chi connectivity index (χ2v) is 4.44. The van der Waals surface area contributed by atoms with Crippen molar-refractivity contribution in [3.63, 3.8) is 0 Å². The van der Waals surface area contributed by atoms with Crippen molar-refractivity contribution >= 4 is 5.97 Å². The van der Waals surface area contributed by atoms with Crippen LogP contribution in [0.15, 0.2) is 30.3 Å². The van der Waals surface area contributed by atoms with Gasteiger partial charge < -0.3 is 4.74 Å². The predicted octanol–water partition coefficient (Wildman–Crippen LogP) is 2.79. The maximum Gasteiger partial charge on any atom is 0.422 e. The number of nitrogens with zero attached hydrogens (tertiary/aromatic N) is 1. The lowest BCUT2D eigenvalue weighted by molar-refractivity contribution is -0.189. The number of hydrogen-bond acceptors (Lipinski definition) is 3. The number of carbonyl (C=O) groups excluding carboxylic acids is 1. The van der Waals surface area contributed by atoms with Crippen LogP contribution in [0.4, 0.5) is 13.2 Å². The quantitative estimate of drug-likeness (QED) is 0.793. The molecule has 0 amide bonds. The van der Waals surface area contributed by atoms with Crippen LogP contribution in [-0.2, 0) is 9.53 Å². The topological polar surface area (TPSA) is 50.1 Å². The van der Waals surface area contributed by atoms with Crippen LogP contribution >= 0.6 is 0 Å². The lowest BCUT2D eigenvalue weighted by atomic mass is 10.0. The van der Waals surface area contributed by atoms with Gasteiger partial charge in [0.2, 0.25) is 0 Å². The van der Waals surface area contributed by atoms with Gasteiger partial charge >= 0.3 is 12.1 Å². The Hall–Kier alpha value is -2.03. The van der Waals surface area contributed by atoms with E-state index in [0.717, 1.165) is 5.56 Å². The Morgan fingerprint density at radius 3 is 2.58 bits per heavy atom. The third-order valence-electron chi connectivity index (χ3n) is 3.09. The standard InChI is InChI=1S/C13H10F3NO2/c14-13(15,16)8-19-11(18)12(7-17)6-10(12)9-4-2-1-3-5-9/h1-5,10H,6,8H2. The molecule has 6 heteroatoms. The van der Waals surface area contributed by atoms with Gasteiger partial charge in [0.05, 0.1) is 6.07 Å². The van der Waals surface area contributed by atoms with Crippen LogP contribution in [0.25, 0.3) is 0 Å². The molecule has 2 rings (SSSR count). The number of halogens is 3. The SMILES string of the molecule is N#CC1(C(=O)OCC(F)(F)F)CC1c1ccccc1. The second-order valence-electron chi connectivity index (χ2n) is 4.44. The summed E-state index contributed by atoms with van der Waals surface area (Å²) in [5.41, 5.74) is -0.708. The number of benzene rings is 1. The fraction of sp³-hybridized carbons (Fsp3) is 0.385. The van der Waals surface area contributed by atoms with Gasteiger partial charge in [0, 0.05) is 5.92 Å². The molecule has 1 aromatic carbocycles. The van der Waals surface area contributed by atoms with Gasteiger partial charge in [0.15, 0.2) is 12.0 Å². The van der Waals surface area contributed by atoms with Crippen LogP contribution in [0.5, 0.6) is 0 Å². The molecule has 1 aliphatic carbocycles. The van der Waals surface area contributed by atoms with E-state index in [0.29, 0.717) is 0 Å². The van der Waals surface area contributed by atoms with Crippen molar-refractivity contribution in [1.82, 2.24) is 0 Å². The van der Waals surface area contributed by atoms with Crippen LogP contribution < -0.4 is 0 Å². The molecule has 1 aromatic rings. The van der Waals surface area contributed by atoms with Crippen LogP contribution in [0, 0.1) is 16.7 Å². The number of carbonyl (C=O) groups is 1. The number of rotatable bonds is 3. The first-order chi connectivity index (χ1) is 8.89. The number of esters is 1. The van der Waals surface area contributed by atoms with E-state index in [4.69, 9.17) is 5.26 Å². The molecular formula is C13H10F3NO2. The highest BCUT2D eigenvalue weighted by atomic mass is 19.4. The van der Waals surface area contributed by atoms with Crippen molar-refractivity contribution in [3.05, 3.63) is 35.9 Å². The van der Waals surface area contributed by atoms with E-state index in [1.54, 1.807) is 36.4 Å². The molecule has 0 saturated heterocycles. The van der Waals surface area contributed by atoms with Gasteiger partial charge in [-0.15, -0.1) is 0 Å². The van der Waals surface area contributed by atoms with Crippen molar-refractivity contribution in [2.45, 2.75) is 18.5 Å². The summed E-state index contributed by atoms with van der Waals surface area (Å²) >= 11 is 0.